The number of aryl methyl sites for hydroxylation is 1. The molecule has 1 N–H and O–H groups in total. The number of esters is 1. The number of para-hydroxylation sites is 1. The number of amides is 1. The van der Waals surface area contributed by atoms with Gasteiger partial charge in [-0.25, -0.2) is 9.78 Å². The van der Waals surface area contributed by atoms with Crippen LogP contribution in [-0.2, 0) is 22.5 Å². The van der Waals surface area contributed by atoms with Crippen molar-refractivity contribution in [2.45, 2.75) is 52.8 Å². The molecule has 1 unspecified atom stereocenters. The lowest BCUT2D eigenvalue weighted by atomic mass is 9.95. The van der Waals surface area contributed by atoms with E-state index in [0.29, 0.717) is 23.3 Å². The van der Waals surface area contributed by atoms with Crippen LogP contribution in [0.25, 0.3) is 10.9 Å². The summed E-state index contributed by atoms with van der Waals surface area (Å²) in [4.78, 5) is 37.2. The lowest BCUT2D eigenvalue weighted by Gasteiger charge is -2.32. The van der Waals surface area contributed by atoms with Crippen LogP contribution >= 0.6 is 11.3 Å². The van der Waals surface area contributed by atoms with Gasteiger partial charge >= 0.3 is 5.97 Å². The number of thiazole rings is 1. The lowest BCUT2D eigenvalue weighted by molar-refractivity contribution is -0.123. The third kappa shape index (κ3) is 4.45. The molecule has 3 aromatic rings. The van der Waals surface area contributed by atoms with Crippen molar-refractivity contribution in [2.75, 3.05) is 11.9 Å². The Hall–Kier alpha value is -2.84. The highest BCUT2D eigenvalue weighted by Gasteiger charge is 2.29. The highest BCUT2D eigenvalue weighted by atomic mass is 32.1. The van der Waals surface area contributed by atoms with Gasteiger partial charge in [0.25, 0.3) is 5.91 Å². The summed E-state index contributed by atoms with van der Waals surface area (Å²) in [6.45, 7) is 9.25. The number of ether oxygens (including phenoxy) is 1. The van der Waals surface area contributed by atoms with E-state index in [0.717, 1.165) is 40.8 Å². The lowest BCUT2D eigenvalue weighted by Crippen LogP contribution is -2.37. The Bertz CT molecular complexity index is 1140. The summed E-state index contributed by atoms with van der Waals surface area (Å²) in [5, 5.41) is 5.80. The Balaban J connectivity index is 1.63. The van der Waals surface area contributed by atoms with Crippen molar-refractivity contribution in [1.82, 2.24) is 14.9 Å². The van der Waals surface area contributed by atoms with Gasteiger partial charge in [-0.3, -0.25) is 20.0 Å². The molecule has 162 valence electrons. The molecule has 0 fully saturated rings. The molecule has 1 aliphatic heterocycles. The van der Waals surface area contributed by atoms with Crippen LogP contribution in [0.15, 0.2) is 29.6 Å². The van der Waals surface area contributed by atoms with E-state index in [9.17, 15) is 9.59 Å². The Morgan fingerprint density at radius 2 is 1.97 bits per heavy atom. The number of rotatable bonds is 5. The fourth-order valence-corrected chi connectivity index (χ4v) is 4.47. The molecule has 3 heterocycles. The second-order valence-electron chi connectivity index (χ2n) is 8.07. The molecule has 8 heteroatoms. The van der Waals surface area contributed by atoms with E-state index in [-0.39, 0.29) is 0 Å². The summed E-state index contributed by atoms with van der Waals surface area (Å²) in [6, 6.07) is 7.94. The Labute approximate surface area is 185 Å². The molecule has 1 atom stereocenters. The van der Waals surface area contributed by atoms with Gasteiger partial charge in [-0.05, 0) is 33.8 Å². The standard InChI is InChI=1S/C23H26N4O3S/c1-13(2)27-10-9-19-17(11-27)20(16-7-5-6-8-18(16)25-19)22(29)30-15(4)21(28)26-23-24-14(3)12-31-23/h5-8,12-13,15H,9-11H2,1-4H3,(H,24,26,28). The molecular formula is C23H26N4O3S. The van der Waals surface area contributed by atoms with Gasteiger partial charge in [-0.2, -0.15) is 0 Å². The number of nitrogens with zero attached hydrogens (tertiary/aromatic N) is 3. The number of hydrogen-bond donors (Lipinski definition) is 1. The maximum atomic E-state index is 13.3. The van der Waals surface area contributed by atoms with Crippen LogP contribution in [0.5, 0.6) is 0 Å². The maximum Gasteiger partial charge on any atom is 0.339 e. The molecule has 0 spiro atoms. The molecule has 31 heavy (non-hydrogen) atoms. The van der Waals surface area contributed by atoms with Crippen LogP contribution in [0, 0.1) is 6.92 Å². The molecule has 2 aromatic heterocycles. The van der Waals surface area contributed by atoms with Crippen LogP contribution in [0.4, 0.5) is 5.13 Å². The van der Waals surface area contributed by atoms with Gasteiger partial charge in [0.15, 0.2) is 11.2 Å². The predicted octanol–water partition coefficient (Wildman–Crippen LogP) is 3.95. The average molecular weight is 439 g/mol. The summed E-state index contributed by atoms with van der Waals surface area (Å²) < 4.78 is 5.63. The van der Waals surface area contributed by atoms with E-state index in [4.69, 9.17) is 9.72 Å². The molecule has 7 nitrogen and oxygen atoms in total. The molecule has 0 bridgehead atoms. The van der Waals surface area contributed by atoms with E-state index >= 15 is 0 Å². The second-order valence-corrected chi connectivity index (χ2v) is 8.93. The summed E-state index contributed by atoms with van der Waals surface area (Å²) >= 11 is 1.34. The van der Waals surface area contributed by atoms with Gasteiger partial charge in [-0.1, -0.05) is 18.2 Å². The molecule has 0 saturated carbocycles. The van der Waals surface area contributed by atoms with Gasteiger partial charge in [0.1, 0.15) is 0 Å². The van der Waals surface area contributed by atoms with Crippen LogP contribution in [0.1, 0.15) is 48.1 Å². The maximum absolute atomic E-state index is 13.3. The van der Waals surface area contributed by atoms with Gasteiger partial charge in [0.2, 0.25) is 0 Å². The van der Waals surface area contributed by atoms with Crippen molar-refractivity contribution < 1.29 is 14.3 Å². The number of fused-ring (bicyclic) bond motifs is 2. The second kappa shape index (κ2) is 8.72. The number of carbonyl (C=O) groups excluding carboxylic acids is 2. The number of aromatic nitrogens is 2. The molecule has 4 rings (SSSR count). The van der Waals surface area contributed by atoms with E-state index in [1.54, 1.807) is 6.92 Å². The smallest absolute Gasteiger partial charge is 0.339 e. The molecule has 0 saturated heterocycles. The van der Waals surface area contributed by atoms with E-state index < -0.39 is 18.0 Å². The van der Waals surface area contributed by atoms with Gasteiger partial charge in [0, 0.05) is 47.6 Å². The van der Waals surface area contributed by atoms with Crippen molar-refractivity contribution in [2.24, 2.45) is 0 Å². The Kier molecular flexibility index (Phi) is 6.02. The minimum atomic E-state index is -0.955. The zero-order valence-electron chi connectivity index (χ0n) is 18.1. The average Bonchev–Trinajstić information content (AvgIpc) is 3.15. The molecule has 1 aromatic carbocycles. The summed E-state index contributed by atoms with van der Waals surface area (Å²) in [5.41, 5.74) is 3.93. The van der Waals surface area contributed by atoms with Crippen molar-refractivity contribution in [1.29, 1.82) is 0 Å². The minimum Gasteiger partial charge on any atom is -0.449 e. The number of carbonyl (C=O) groups is 2. The zero-order chi connectivity index (χ0) is 22.1. The van der Waals surface area contributed by atoms with Crippen LogP contribution in [-0.4, -0.2) is 45.4 Å². The topological polar surface area (TPSA) is 84.4 Å². The Morgan fingerprint density at radius 1 is 1.19 bits per heavy atom. The highest BCUT2D eigenvalue weighted by molar-refractivity contribution is 7.13. The van der Waals surface area contributed by atoms with Gasteiger partial charge < -0.3 is 4.74 Å². The first-order valence-electron chi connectivity index (χ1n) is 10.4. The van der Waals surface area contributed by atoms with Crippen molar-refractivity contribution in [3.8, 4) is 0 Å². The van der Waals surface area contributed by atoms with Crippen molar-refractivity contribution in [3.63, 3.8) is 0 Å². The normalized spacial score (nSPS) is 15.0. The number of anilines is 1. The van der Waals surface area contributed by atoms with Crippen LogP contribution in [0.3, 0.4) is 0 Å². The summed E-state index contributed by atoms with van der Waals surface area (Å²) in [5.74, 6) is -0.905. The Morgan fingerprint density at radius 3 is 2.68 bits per heavy atom. The molecule has 1 amide bonds. The fraction of sp³-hybridized carbons (Fsp3) is 0.391. The first-order chi connectivity index (χ1) is 14.8. The fourth-order valence-electron chi connectivity index (χ4n) is 3.78. The van der Waals surface area contributed by atoms with Crippen molar-refractivity contribution in [3.05, 3.63) is 52.2 Å². The molecule has 1 aliphatic rings. The summed E-state index contributed by atoms with van der Waals surface area (Å²) in [6.07, 6.45) is -0.179. The van der Waals surface area contributed by atoms with E-state index in [1.165, 1.54) is 11.3 Å². The van der Waals surface area contributed by atoms with E-state index in [2.05, 4.69) is 29.0 Å². The third-order valence-electron chi connectivity index (χ3n) is 5.51. The first kappa shape index (κ1) is 21.4. The number of benzene rings is 1. The number of nitrogens with one attached hydrogen (secondary N) is 1. The van der Waals surface area contributed by atoms with Crippen molar-refractivity contribution >= 4 is 39.2 Å². The predicted molar refractivity (Wildman–Crippen MR) is 121 cm³/mol. The molecule has 0 radical (unpaired) electrons. The third-order valence-corrected chi connectivity index (χ3v) is 6.39. The van der Waals surface area contributed by atoms with Crippen LogP contribution < -0.4 is 5.32 Å². The largest absolute Gasteiger partial charge is 0.449 e. The molecule has 0 aliphatic carbocycles. The van der Waals surface area contributed by atoms with Gasteiger partial charge in [-0.15, -0.1) is 11.3 Å². The van der Waals surface area contributed by atoms with E-state index in [1.807, 2.05) is 36.6 Å². The first-order valence-corrected chi connectivity index (χ1v) is 11.3. The highest BCUT2D eigenvalue weighted by Crippen LogP contribution is 2.30. The van der Waals surface area contributed by atoms with Gasteiger partial charge in [0.05, 0.1) is 16.8 Å². The van der Waals surface area contributed by atoms with Crippen LogP contribution in [0.2, 0.25) is 0 Å². The zero-order valence-corrected chi connectivity index (χ0v) is 19.0. The summed E-state index contributed by atoms with van der Waals surface area (Å²) in [7, 11) is 0. The number of pyridine rings is 1. The molecular weight excluding hydrogens is 412 g/mol. The monoisotopic (exact) mass is 438 g/mol. The SMILES string of the molecule is Cc1csc(NC(=O)C(C)OC(=O)c2c3c(nc4ccccc24)CCN(C(C)C)C3)n1. The number of hydrogen-bond acceptors (Lipinski definition) is 7. The minimum absolute atomic E-state index is 0.356. The quantitative estimate of drug-likeness (QED) is 0.607.